The van der Waals surface area contributed by atoms with Crippen LogP contribution >= 0.6 is 27.3 Å². The molecular weight excluding hydrogens is 312 g/mol. The molecule has 0 atom stereocenters. The average Bonchev–Trinajstić information content (AvgIpc) is 2.68. The number of thiophene rings is 1. The van der Waals surface area contributed by atoms with E-state index in [1.165, 1.54) is 11.3 Å². The Hall–Kier alpha value is -1.14. The van der Waals surface area contributed by atoms with Crippen molar-refractivity contribution in [3.63, 3.8) is 0 Å². The maximum Gasteiger partial charge on any atom is 0.167 e. The fourth-order valence-corrected chi connectivity index (χ4v) is 2.60. The molecule has 0 aliphatic rings. The zero-order chi connectivity index (χ0) is 12.4. The lowest BCUT2D eigenvalue weighted by molar-refractivity contribution is 0.292. The van der Waals surface area contributed by atoms with Crippen molar-refractivity contribution in [3.8, 4) is 5.75 Å². The van der Waals surface area contributed by atoms with Crippen molar-refractivity contribution in [1.82, 2.24) is 0 Å². The predicted octanol–water partition coefficient (Wildman–Crippen LogP) is 3.95. The number of rotatable bonds is 3. The highest BCUT2D eigenvalue weighted by molar-refractivity contribution is 9.10. The molecule has 0 unspecified atom stereocenters. The van der Waals surface area contributed by atoms with Crippen LogP contribution in [0.15, 0.2) is 28.1 Å². The monoisotopic (exact) mass is 319 g/mol. The quantitative estimate of drug-likeness (QED) is 0.869. The Balaban J connectivity index is 2.11. The van der Waals surface area contributed by atoms with Gasteiger partial charge in [-0.05, 0) is 22.0 Å². The van der Waals surface area contributed by atoms with E-state index in [2.05, 4.69) is 15.9 Å². The van der Waals surface area contributed by atoms with Crippen LogP contribution in [0.3, 0.4) is 0 Å². The van der Waals surface area contributed by atoms with Crippen molar-refractivity contribution >= 4 is 33.0 Å². The van der Waals surface area contributed by atoms with Crippen LogP contribution in [0.4, 0.5) is 14.5 Å². The fourth-order valence-electron chi connectivity index (χ4n) is 1.23. The lowest BCUT2D eigenvalue weighted by atomic mass is 10.3. The second kappa shape index (κ2) is 5.01. The van der Waals surface area contributed by atoms with Gasteiger partial charge in [-0.1, -0.05) is 0 Å². The largest absolute Gasteiger partial charge is 0.485 e. The van der Waals surface area contributed by atoms with Crippen LogP contribution in [0.2, 0.25) is 0 Å². The van der Waals surface area contributed by atoms with Crippen LogP contribution in [0, 0.1) is 11.6 Å². The van der Waals surface area contributed by atoms with Gasteiger partial charge < -0.3 is 10.5 Å². The Bertz CT molecular complexity index is 544. The molecule has 2 aromatic rings. The number of nitrogen functional groups attached to an aromatic ring is 1. The summed E-state index contributed by atoms with van der Waals surface area (Å²) in [6.45, 7) is 0.191. The number of hydrogen-bond donors (Lipinski definition) is 1. The fraction of sp³-hybridized carbons (Fsp3) is 0.0909. The number of hydrogen-bond acceptors (Lipinski definition) is 3. The highest BCUT2D eigenvalue weighted by Gasteiger charge is 2.09. The van der Waals surface area contributed by atoms with E-state index in [0.717, 1.165) is 21.5 Å². The first-order chi connectivity index (χ1) is 8.06. The van der Waals surface area contributed by atoms with Gasteiger partial charge in [0.25, 0.3) is 0 Å². The van der Waals surface area contributed by atoms with E-state index in [1.54, 1.807) is 0 Å². The molecule has 2 nitrogen and oxygen atoms in total. The molecular formula is C11H8BrF2NOS. The Kier molecular flexibility index (Phi) is 3.63. The van der Waals surface area contributed by atoms with Gasteiger partial charge in [0.15, 0.2) is 11.6 Å². The maximum atomic E-state index is 13.4. The van der Waals surface area contributed by atoms with Gasteiger partial charge in [0.05, 0.1) is 5.69 Å². The standard InChI is InChI=1S/C11H8BrF2NOS/c12-6-1-7(17-5-6)4-16-11-3-8(13)10(15)2-9(11)14/h1-3,5H,4,15H2. The molecule has 1 aromatic heterocycles. The first-order valence-electron chi connectivity index (χ1n) is 4.66. The third kappa shape index (κ3) is 2.95. The second-order valence-electron chi connectivity index (χ2n) is 3.32. The molecule has 90 valence electrons. The highest BCUT2D eigenvalue weighted by Crippen LogP contribution is 2.25. The Morgan fingerprint density at radius 3 is 2.65 bits per heavy atom. The number of nitrogens with two attached hydrogens (primary N) is 1. The molecule has 0 fully saturated rings. The van der Waals surface area contributed by atoms with Crippen molar-refractivity contribution in [1.29, 1.82) is 0 Å². The summed E-state index contributed by atoms with van der Waals surface area (Å²) in [7, 11) is 0. The molecule has 0 bridgehead atoms. The minimum atomic E-state index is -0.686. The lowest BCUT2D eigenvalue weighted by Crippen LogP contribution is -1.99. The second-order valence-corrected chi connectivity index (χ2v) is 5.24. The third-order valence-electron chi connectivity index (χ3n) is 2.04. The minimum Gasteiger partial charge on any atom is -0.485 e. The van der Waals surface area contributed by atoms with Gasteiger partial charge in [-0.25, -0.2) is 8.78 Å². The van der Waals surface area contributed by atoms with Crippen molar-refractivity contribution in [3.05, 3.63) is 44.6 Å². The van der Waals surface area contributed by atoms with Crippen molar-refractivity contribution < 1.29 is 13.5 Å². The SMILES string of the molecule is Nc1cc(F)c(OCc2cc(Br)cs2)cc1F. The molecule has 0 saturated carbocycles. The third-order valence-corrected chi connectivity index (χ3v) is 3.71. The van der Waals surface area contributed by atoms with E-state index in [-0.39, 0.29) is 18.0 Å². The summed E-state index contributed by atoms with van der Waals surface area (Å²) in [6.07, 6.45) is 0. The van der Waals surface area contributed by atoms with Gasteiger partial charge in [0, 0.05) is 26.9 Å². The van der Waals surface area contributed by atoms with Crippen LogP contribution in [0.25, 0.3) is 0 Å². The summed E-state index contributed by atoms with van der Waals surface area (Å²) in [4.78, 5) is 0.911. The minimum absolute atomic E-state index is 0.138. The normalized spacial score (nSPS) is 10.5. The van der Waals surface area contributed by atoms with Gasteiger partial charge >= 0.3 is 0 Å². The zero-order valence-corrected chi connectivity index (χ0v) is 10.9. The smallest absolute Gasteiger partial charge is 0.167 e. The number of halogens is 3. The lowest BCUT2D eigenvalue weighted by Gasteiger charge is -2.07. The van der Waals surface area contributed by atoms with Gasteiger partial charge in [-0.2, -0.15) is 0 Å². The Labute approximate surface area is 109 Å². The molecule has 1 aromatic carbocycles. The molecule has 0 radical (unpaired) electrons. The van der Waals surface area contributed by atoms with Crippen LogP contribution in [0.5, 0.6) is 5.75 Å². The predicted molar refractivity (Wildman–Crippen MR) is 67.1 cm³/mol. The van der Waals surface area contributed by atoms with E-state index >= 15 is 0 Å². The summed E-state index contributed by atoms with van der Waals surface area (Å²) in [5, 5.41) is 1.89. The van der Waals surface area contributed by atoms with Gasteiger partial charge in [-0.15, -0.1) is 11.3 Å². The van der Waals surface area contributed by atoms with Crippen molar-refractivity contribution in [2.45, 2.75) is 6.61 Å². The molecule has 2 rings (SSSR count). The first-order valence-corrected chi connectivity index (χ1v) is 6.34. The number of anilines is 1. The van der Waals surface area contributed by atoms with Gasteiger partial charge in [-0.3, -0.25) is 0 Å². The zero-order valence-electron chi connectivity index (χ0n) is 8.54. The highest BCUT2D eigenvalue weighted by atomic mass is 79.9. The van der Waals surface area contributed by atoms with Gasteiger partial charge in [0.1, 0.15) is 12.4 Å². The van der Waals surface area contributed by atoms with E-state index in [0.29, 0.717) is 0 Å². The summed E-state index contributed by atoms with van der Waals surface area (Å²) < 4.78 is 32.6. The molecule has 0 saturated heterocycles. The Morgan fingerprint density at radius 2 is 2.00 bits per heavy atom. The van der Waals surface area contributed by atoms with Crippen LogP contribution in [-0.4, -0.2) is 0 Å². The van der Waals surface area contributed by atoms with Crippen LogP contribution < -0.4 is 10.5 Å². The molecule has 2 N–H and O–H groups in total. The molecule has 6 heteroatoms. The molecule has 0 amide bonds. The summed E-state index contributed by atoms with van der Waals surface area (Å²) in [5.74, 6) is -1.49. The molecule has 1 heterocycles. The molecule has 0 spiro atoms. The molecule has 0 aliphatic heterocycles. The first kappa shape index (κ1) is 12.3. The maximum absolute atomic E-state index is 13.4. The van der Waals surface area contributed by atoms with Crippen LogP contribution in [-0.2, 0) is 6.61 Å². The van der Waals surface area contributed by atoms with E-state index < -0.39 is 11.6 Å². The van der Waals surface area contributed by atoms with Crippen molar-refractivity contribution in [2.75, 3.05) is 5.73 Å². The number of ether oxygens (including phenoxy) is 1. The van der Waals surface area contributed by atoms with Gasteiger partial charge in [0.2, 0.25) is 0 Å². The van der Waals surface area contributed by atoms with E-state index in [9.17, 15) is 8.78 Å². The topological polar surface area (TPSA) is 35.2 Å². The Morgan fingerprint density at radius 1 is 1.24 bits per heavy atom. The van der Waals surface area contributed by atoms with Crippen LogP contribution in [0.1, 0.15) is 4.88 Å². The van der Waals surface area contributed by atoms with E-state index in [1.807, 2.05) is 11.4 Å². The summed E-state index contributed by atoms with van der Waals surface area (Å²) in [5.41, 5.74) is 5.00. The van der Waals surface area contributed by atoms with Crippen molar-refractivity contribution in [2.24, 2.45) is 0 Å². The van der Waals surface area contributed by atoms with E-state index in [4.69, 9.17) is 10.5 Å². The molecule has 17 heavy (non-hydrogen) atoms. The average molecular weight is 320 g/mol. The molecule has 0 aliphatic carbocycles. The number of benzene rings is 1. The summed E-state index contributed by atoms with van der Waals surface area (Å²) in [6, 6.07) is 3.72. The summed E-state index contributed by atoms with van der Waals surface area (Å²) >= 11 is 4.77.